The van der Waals surface area contributed by atoms with Crippen LogP contribution in [0, 0.1) is 17.0 Å². The number of rotatable bonds is 5. The highest BCUT2D eigenvalue weighted by Gasteiger charge is 2.21. The van der Waals surface area contributed by atoms with Gasteiger partial charge in [-0.05, 0) is 32.0 Å². The molecule has 2 aromatic carbocycles. The van der Waals surface area contributed by atoms with Crippen LogP contribution in [0.15, 0.2) is 47.6 Å². The van der Waals surface area contributed by atoms with Crippen molar-refractivity contribution in [2.75, 3.05) is 5.32 Å². The van der Waals surface area contributed by atoms with Gasteiger partial charge in [0.1, 0.15) is 5.82 Å². The van der Waals surface area contributed by atoms with Gasteiger partial charge in [-0.1, -0.05) is 35.5 Å². The first-order valence-electron chi connectivity index (χ1n) is 8.87. The van der Waals surface area contributed by atoms with Crippen molar-refractivity contribution in [2.45, 2.75) is 24.3 Å². The molecule has 30 heavy (non-hydrogen) atoms. The average Bonchev–Trinajstić information content (AvgIpc) is 3.11. The van der Waals surface area contributed by atoms with E-state index in [2.05, 4.69) is 20.4 Å². The Kier molecular flexibility index (Phi) is 5.27. The number of halogens is 1. The standard InChI is InChI=1S/C19H15ClN6O3S/c1-10(18(27)22-16-9-12(26(28)29)7-8-14(16)20)30-19-23-15-6-4-3-5-13(15)17-21-11(2)24-25(17)19/h3-10H,1-2H3,(H,22,27). The van der Waals surface area contributed by atoms with Crippen molar-refractivity contribution in [1.82, 2.24) is 19.6 Å². The molecule has 2 aromatic heterocycles. The Balaban J connectivity index is 1.63. The van der Waals surface area contributed by atoms with Crippen LogP contribution in [-0.4, -0.2) is 35.7 Å². The Morgan fingerprint density at radius 3 is 2.80 bits per heavy atom. The average molecular weight is 443 g/mol. The maximum Gasteiger partial charge on any atom is 0.271 e. The fourth-order valence-corrected chi connectivity index (χ4v) is 3.90. The van der Waals surface area contributed by atoms with E-state index < -0.39 is 10.2 Å². The van der Waals surface area contributed by atoms with Gasteiger partial charge in [0, 0.05) is 17.5 Å². The van der Waals surface area contributed by atoms with E-state index >= 15 is 0 Å². The molecule has 1 N–H and O–H groups in total. The van der Waals surface area contributed by atoms with Crippen molar-refractivity contribution in [3.05, 3.63) is 63.4 Å². The summed E-state index contributed by atoms with van der Waals surface area (Å²) in [6, 6.07) is 11.4. The number of aromatic nitrogens is 4. The van der Waals surface area contributed by atoms with Gasteiger partial charge in [-0.25, -0.2) is 9.97 Å². The molecule has 152 valence electrons. The molecule has 1 unspecified atom stereocenters. The van der Waals surface area contributed by atoms with Crippen LogP contribution in [0.3, 0.4) is 0 Å². The van der Waals surface area contributed by atoms with E-state index in [1.807, 2.05) is 24.3 Å². The first kappa shape index (κ1) is 20.0. The van der Waals surface area contributed by atoms with E-state index in [1.54, 1.807) is 18.4 Å². The predicted octanol–water partition coefficient (Wildman–Crippen LogP) is 4.27. The number of carbonyl (C=O) groups excluding carboxylic acids is 1. The van der Waals surface area contributed by atoms with Gasteiger partial charge in [0.05, 0.1) is 26.4 Å². The second kappa shape index (κ2) is 7.88. The second-order valence-corrected chi connectivity index (χ2v) is 8.19. The summed E-state index contributed by atoms with van der Waals surface area (Å²) in [5, 5.41) is 19.0. The minimum Gasteiger partial charge on any atom is -0.324 e. The highest BCUT2D eigenvalue weighted by atomic mass is 35.5. The van der Waals surface area contributed by atoms with Gasteiger partial charge in [0.25, 0.3) is 5.69 Å². The molecule has 1 amide bonds. The van der Waals surface area contributed by atoms with Gasteiger partial charge >= 0.3 is 0 Å². The highest BCUT2D eigenvalue weighted by molar-refractivity contribution is 8.00. The molecule has 0 radical (unpaired) electrons. The number of nitrogens with zero attached hydrogens (tertiary/aromatic N) is 5. The lowest BCUT2D eigenvalue weighted by Crippen LogP contribution is -2.23. The number of fused-ring (bicyclic) bond motifs is 3. The molecule has 11 heteroatoms. The van der Waals surface area contributed by atoms with Crippen molar-refractivity contribution in [2.24, 2.45) is 0 Å². The number of para-hydroxylation sites is 1. The summed E-state index contributed by atoms with van der Waals surface area (Å²) < 4.78 is 1.62. The van der Waals surface area contributed by atoms with Gasteiger partial charge in [-0.15, -0.1) is 5.10 Å². The van der Waals surface area contributed by atoms with E-state index in [0.717, 1.165) is 10.9 Å². The van der Waals surface area contributed by atoms with Gasteiger partial charge in [0.2, 0.25) is 5.91 Å². The zero-order valence-electron chi connectivity index (χ0n) is 15.9. The lowest BCUT2D eigenvalue weighted by Gasteiger charge is -2.13. The first-order chi connectivity index (χ1) is 14.3. The number of hydrogen-bond donors (Lipinski definition) is 1. The number of aryl methyl sites for hydroxylation is 1. The number of anilines is 1. The van der Waals surface area contributed by atoms with Crippen LogP contribution in [0.1, 0.15) is 12.7 Å². The lowest BCUT2D eigenvalue weighted by molar-refractivity contribution is -0.384. The van der Waals surface area contributed by atoms with Gasteiger partial charge < -0.3 is 5.32 Å². The molecule has 0 saturated carbocycles. The van der Waals surface area contributed by atoms with Crippen LogP contribution in [-0.2, 0) is 4.79 Å². The summed E-state index contributed by atoms with van der Waals surface area (Å²) in [7, 11) is 0. The molecular formula is C19H15ClN6O3S. The molecule has 0 fully saturated rings. The Hall–Kier alpha value is -3.24. The summed E-state index contributed by atoms with van der Waals surface area (Å²) in [5.74, 6) is 0.220. The molecular weight excluding hydrogens is 428 g/mol. The number of benzene rings is 2. The Labute approximate surface area is 179 Å². The smallest absolute Gasteiger partial charge is 0.271 e. The Morgan fingerprint density at radius 2 is 2.03 bits per heavy atom. The molecule has 0 aliphatic carbocycles. The quantitative estimate of drug-likeness (QED) is 0.212. The van der Waals surface area contributed by atoms with Crippen molar-refractivity contribution in [1.29, 1.82) is 0 Å². The molecule has 0 aliphatic heterocycles. The summed E-state index contributed by atoms with van der Waals surface area (Å²) >= 11 is 7.28. The van der Waals surface area contributed by atoms with E-state index in [9.17, 15) is 14.9 Å². The number of non-ortho nitro benzene ring substituents is 1. The van der Waals surface area contributed by atoms with Crippen molar-refractivity contribution in [3.63, 3.8) is 0 Å². The molecule has 9 nitrogen and oxygen atoms in total. The third kappa shape index (κ3) is 3.79. The van der Waals surface area contributed by atoms with Crippen LogP contribution in [0.2, 0.25) is 5.02 Å². The van der Waals surface area contributed by atoms with Crippen molar-refractivity contribution in [3.8, 4) is 0 Å². The molecule has 0 aliphatic rings. The number of nitrogens with one attached hydrogen (secondary N) is 1. The van der Waals surface area contributed by atoms with Crippen LogP contribution in [0.4, 0.5) is 11.4 Å². The highest BCUT2D eigenvalue weighted by Crippen LogP contribution is 2.30. The fourth-order valence-electron chi connectivity index (χ4n) is 2.88. The zero-order valence-corrected chi connectivity index (χ0v) is 17.4. The first-order valence-corrected chi connectivity index (χ1v) is 10.1. The number of amides is 1. The van der Waals surface area contributed by atoms with E-state index in [4.69, 9.17) is 11.6 Å². The van der Waals surface area contributed by atoms with Gasteiger partial charge in [-0.3, -0.25) is 14.9 Å². The van der Waals surface area contributed by atoms with E-state index in [0.29, 0.717) is 16.6 Å². The minimum atomic E-state index is -0.582. The fraction of sp³-hybridized carbons (Fsp3) is 0.158. The zero-order chi connectivity index (χ0) is 21.4. The third-order valence-corrected chi connectivity index (χ3v) is 5.70. The van der Waals surface area contributed by atoms with Gasteiger partial charge in [-0.2, -0.15) is 4.52 Å². The summed E-state index contributed by atoms with van der Waals surface area (Å²) in [4.78, 5) is 32.3. The molecule has 0 saturated heterocycles. The van der Waals surface area contributed by atoms with Crippen LogP contribution in [0.25, 0.3) is 16.6 Å². The number of thioether (sulfide) groups is 1. The summed E-state index contributed by atoms with van der Waals surface area (Å²) in [5.41, 5.74) is 1.42. The monoisotopic (exact) mass is 442 g/mol. The largest absolute Gasteiger partial charge is 0.324 e. The predicted molar refractivity (Wildman–Crippen MR) is 115 cm³/mol. The van der Waals surface area contributed by atoms with Crippen LogP contribution >= 0.6 is 23.4 Å². The second-order valence-electron chi connectivity index (χ2n) is 6.48. The number of nitro benzene ring substituents is 1. The third-order valence-electron chi connectivity index (χ3n) is 4.33. The van der Waals surface area contributed by atoms with Crippen molar-refractivity contribution < 1.29 is 9.72 Å². The molecule has 0 bridgehead atoms. The maximum absolute atomic E-state index is 12.7. The molecule has 1 atom stereocenters. The number of hydrogen-bond acceptors (Lipinski definition) is 7. The Bertz CT molecular complexity index is 1310. The lowest BCUT2D eigenvalue weighted by atomic mass is 10.2. The number of nitro groups is 1. The summed E-state index contributed by atoms with van der Waals surface area (Å²) in [6.07, 6.45) is 0. The number of carbonyl (C=O) groups is 1. The Morgan fingerprint density at radius 1 is 1.27 bits per heavy atom. The van der Waals surface area contributed by atoms with Gasteiger partial charge in [0.15, 0.2) is 10.8 Å². The maximum atomic E-state index is 12.7. The van der Waals surface area contributed by atoms with Crippen LogP contribution in [0.5, 0.6) is 0 Å². The van der Waals surface area contributed by atoms with Crippen molar-refractivity contribution >= 4 is 57.2 Å². The van der Waals surface area contributed by atoms with Crippen LogP contribution < -0.4 is 5.32 Å². The molecule has 4 aromatic rings. The molecule has 0 spiro atoms. The molecule has 2 heterocycles. The topological polar surface area (TPSA) is 115 Å². The minimum absolute atomic E-state index is 0.161. The van der Waals surface area contributed by atoms with E-state index in [-0.39, 0.29) is 22.3 Å². The molecule has 4 rings (SSSR count). The SMILES string of the molecule is Cc1nc2c3ccccc3nc(SC(C)C(=O)Nc3cc([N+](=O)[O-])ccc3Cl)n2n1. The summed E-state index contributed by atoms with van der Waals surface area (Å²) in [6.45, 7) is 3.49. The normalized spacial score (nSPS) is 12.2. The van der Waals surface area contributed by atoms with E-state index in [1.165, 1.54) is 30.0 Å².